The first-order chi connectivity index (χ1) is 9.13. The summed E-state index contributed by atoms with van der Waals surface area (Å²) in [5.74, 6) is 0.484. The number of nitrogens with zero attached hydrogens (tertiary/aromatic N) is 1. The summed E-state index contributed by atoms with van der Waals surface area (Å²) in [6, 6.07) is 6.12. The second-order valence-electron chi connectivity index (χ2n) is 5.07. The van der Waals surface area contributed by atoms with Crippen LogP contribution < -0.4 is 4.90 Å². The number of aryl methyl sites for hydroxylation is 1. The number of halogens is 1. The van der Waals surface area contributed by atoms with Gasteiger partial charge in [-0.2, -0.15) is 0 Å². The van der Waals surface area contributed by atoms with E-state index >= 15 is 0 Å². The van der Waals surface area contributed by atoms with Crippen LogP contribution in [0.1, 0.15) is 24.8 Å². The Morgan fingerprint density at radius 2 is 2.21 bits per heavy atom. The fourth-order valence-electron chi connectivity index (χ4n) is 2.10. The second kappa shape index (κ2) is 6.53. The summed E-state index contributed by atoms with van der Waals surface area (Å²) in [5, 5.41) is 0. The average Bonchev–Trinajstić information content (AvgIpc) is 3.22. The maximum atomic E-state index is 12.4. The molecule has 1 aliphatic carbocycles. The third-order valence-corrected chi connectivity index (χ3v) is 3.99. The molecule has 1 fully saturated rings. The van der Waals surface area contributed by atoms with Crippen LogP contribution in [0.15, 0.2) is 22.7 Å². The molecule has 19 heavy (non-hydrogen) atoms. The van der Waals surface area contributed by atoms with Gasteiger partial charge in [0.2, 0.25) is 5.91 Å². The lowest BCUT2D eigenvalue weighted by Gasteiger charge is -2.24. The Hall–Kier alpha value is -0.870. The standard InChI is InChI=1S/C15H20BrNO2/c1-11-4-7-13(16)14(10-11)17(8-3-9-19-2)15(18)12-5-6-12/h4,7,10,12H,3,5-6,8-9H2,1-2H3. The fourth-order valence-corrected chi connectivity index (χ4v) is 2.56. The molecular formula is C15H20BrNO2. The van der Waals surface area contributed by atoms with Crippen molar-refractivity contribution in [1.29, 1.82) is 0 Å². The van der Waals surface area contributed by atoms with Gasteiger partial charge in [-0.15, -0.1) is 0 Å². The molecule has 104 valence electrons. The third-order valence-electron chi connectivity index (χ3n) is 3.32. The minimum absolute atomic E-state index is 0.231. The zero-order valence-electron chi connectivity index (χ0n) is 11.5. The average molecular weight is 326 g/mol. The van der Waals surface area contributed by atoms with E-state index in [1.165, 1.54) is 5.56 Å². The molecule has 0 aromatic heterocycles. The predicted molar refractivity (Wildman–Crippen MR) is 80.4 cm³/mol. The van der Waals surface area contributed by atoms with Crippen LogP contribution in [0.2, 0.25) is 0 Å². The number of amides is 1. The van der Waals surface area contributed by atoms with Crippen LogP contribution in [-0.2, 0) is 9.53 Å². The number of carbonyl (C=O) groups excluding carboxylic acids is 1. The van der Waals surface area contributed by atoms with Gasteiger partial charge in [-0.25, -0.2) is 0 Å². The fraction of sp³-hybridized carbons (Fsp3) is 0.533. The molecule has 4 heteroatoms. The van der Waals surface area contributed by atoms with Gasteiger partial charge in [-0.1, -0.05) is 6.07 Å². The predicted octanol–water partition coefficient (Wildman–Crippen LogP) is 3.54. The molecule has 0 heterocycles. The lowest BCUT2D eigenvalue weighted by molar-refractivity contribution is -0.119. The van der Waals surface area contributed by atoms with Crippen LogP contribution in [0, 0.1) is 12.8 Å². The third kappa shape index (κ3) is 3.80. The van der Waals surface area contributed by atoms with Crippen molar-refractivity contribution in [3.63, 3.8) is 0 Å². The maximum Gasteiger partial charge on any atom is 0.230 e. The monoisotopic (exact) mass is 325 g/mol. The maximum absolute atomic E-state index is 12.4. The summed E-state index contributed by atoms with van der Waals surface area (Å²) in [4.78, 5) is 14.3. The zero-order chi connectivity index (χ0) is 13.8. The van der Waals surface area contributed by atoms with Crippen LogP contribution >= 0.6 is 15.9 Å². The van der Waals surface area contributed by atoms with Gasteiger partial charge in [0.25, 0.3) is 0 Å². The van der Waals surface area contributed by atoms with E-state index in [1.54, 1.807) is 7.11 Å². The van der Waals surface area contributed by atoms with Crippen LogP contribution in [0.4, 0.5) is 5.69 Å². The topological polar surface area (TPSA) is 29.5 Å². The smallest absolute Gasteiger partial charge is 0.230 e. The van der Waals surface area contributed by atoms with Crippen LogP contribution in [0.5, 0.6) is 0 Å². The molecule has 1 aromatic carbocycles. The zero-order valence-corrected chi connectivity index (χ0v) is 13.1. The summed E-state index contributed by atoms with van der Waals surface area (Å²) in [6.07, 6.45) is 2.92. The Morgan fingerprint density at radius 1 is 1.47 bits per heavy atom. The molecule has 0 atom stereocenters. The van der Waals surface area contributed by atoms with E-state index in [1.807, 2.05) is 24.0 Å². The number of hydrogen-bond donors (Lipinski definition) is 0. The molecule has 0 bridgehead atoms. The van der Waals surface area contributed by atoms with Gasteiger partial charge in [0.1, 0.15) is 0 Å². The van der Waals surface area contributed by atoms with Crippen LogP contribution in [0.3, 0.4) is 0 Å². The summed E-state index contributed by atoms with van der Waals surface area (Å²) in [5.41, 5.74) is 2.14. The Morgan fingerprint density at radius 3 is 2.84 bits per heavy atom. The van der Waals surface area contributed by atoms with Gasteiger partial charge in [-0.3, -0.25) is 4.79 Å². The summed E-state index contributed by atoms with van der Waals surface area (Å²) in [7, 11) is 1.69. The van der Waals surface area contributed by atoms with Crippen molar-refractivity contribution in [2.24, 2.45) is 5.92 Å². The first kappa shape index (κ1) is 14.5. The number of hydrogen-bond acceptors (Lipinski definition) is 2. The van der Waals surface area contributed by atoms with Gasteiger partial charge in [0.05, 0.1) is 5.69 Å². The quantitative estimate of drug-likeness (QED) is 0.749. The molecule has 2 rings (SSSR count). The highest BCUT2D eigenvalue weighted by molar-refractivity contribution is 9.10. The molecule has 0 radical (unpaired) electrons. The number of carbonyl (C=O) groups is 1. The van der Waals surface area contributed by atoms with Gasteiger partial charge < -0.3 is 9.64 Å². The number of ether oxygens (including phenoxy) is 1. The first-order valence-electron chi connectivity index (χ1n) is 6.70. The number of anilines is 1. The van der Waals surface area contributed by atoms with Crippen molar-refractivity contribution in [2.45, 2.75) is 26.2 Å². The van der Waals surface area contributed by atoms with Gasteiger partial charge >= 0.3 is 0 Å². The molecule has 0 aliphatic heterocycles. The largest absolute Gasteiger partial charge is 0.385 e. The van der Waals surface area contributed by atoms with Crippen molar-refractivity contribution < 1.29 is 9.53 Å². The second-order valence-corrected chi connectivity index (χ2v) is 5.92. The number of benzene rings is 1. The highest BCUT2D eigenvalue weighted by Crippen LogP contribution is 2.35. The lowest BCUT2D eigenvalue weighted by atomic mass is 10.2. The molecule has 1 aromatic rings. The molecule has 1 aliphatic rings. The van der Waals surface area contributed by atoms with Crippen molar-refractivity contribution in [3.05, 3.63) is 28.2 Å². The lowest BCUT2D eigenvalue weighted by Crippen LogP contribution is -2.34. The van der Waals surface area contributed by atoms with Gasteiger partial charge in [0, 0.05) is 30.7 Å². The van der Waals surface area contributed by atoms with Gasteiger partial charge in [0.15, 0.2) is 0 Å². The SMILES string of the molecule is COCCCN(C(=O)C1CC1)c1cc(C)ccc1Br. The Kier molecular flexibility index (Phi) is 4.99. The van der Waals surface area contributed by atoms with E-state index in [9.17, 15) is 4.79 Å². The molecule has 0 unspecified atom stereocenters. The number of rotatable bonds is 6. The Balaban J connectivity index is 2.19. The van der Waals surface area contributed by atoms with E-state index in [2.05, 4.69) is 22.0 Å². The molecule has 0 N–H and O–H groups in total. The van der Waals surface area contributed by atoms with E-state index in [0.29, 0.717) is 13.2 Å². The summed E-state index contributed by atoms with van der Waals surface area (Å²) < 4.78 is 6.06. The minimum atomic E-state index is 0.231. The molecule has 0 saturated heterocycles. The molecular weight excluding hydrogens is 306 g/mol. The normalized spacial score (nSPS) is 14.5. The Bertz CT molecular complexity index is 457. The van der Waals surface area contributed by atoms with Crippen LogP contribution in [-0.4, -0.2) is 26.2 Å². The van der Waals surface area contributed by atoms with Crippen LogP contribution in [0.25, 0.3) is 0 Å². The summed E-state index contributed by atoms with van der Waals surface area (Å²) in [6.45, 7) is 3.44. The van der Waals surface area contributed by atoms with Crippen molar-refractivity contribution in [3.8, 4) is 0 Å². The number of methoxy groups -OCH3 is 1. The highest BCUT2D eigenvalue weighted by Gasteiger charge is 2.34. The first-order valence-corrected chi connectivity index (χ1v) is 7.49. The molecule has 3 nitrogen and oxygen atoms in total. The van der Waals surface area contributed by atoms with E-state index in [0.717, 1.165) is 29.4 Å². The molecule has 1 amide bonds. The van der Waals surface area contributed by atoms with Crippen molar-refractivity contribution in [2.75, 3.05) is 25.2 Å². The van der Waals surface area contributed by atoms with E-state index < -0.39 is 0 Å². The van der Waals surface area contributed by atoms with Gasteiger partial charge in [-0.05, 0) is 59.8 Å². The van der Waals surface area contributed by atoms with E-state index in [4.69, 9.17) is 4.74 Å². The molecule has 1 saturated carbocycles. The van der Waals surface area contributed by atoms with E-state index in [-0.39, 0.29) is 11.8 Å². The Labute approximate surface area is 123 Å². The van der Waals surface area contributed by atoms with Crippen molar-refractivity contribution in [1.82, 2.24) is 0 Å². The van der Waals surface area contributed by atoms with Crippen molar-refractivity contribution >= 4 is 27.5 Å². The summed E-state index contributed by atoms with van der Waals surface area (Å²) >= 11 is 3.55. The molecule has 0 spiro atoms. The minimum Gasteiger partial charge on any atom is -0.385 e. The highest BCUT2D eigenvalue weighted by atomic mass is 79.9.